The molecule has 0 amide bonds. The summed E-state index contributed by atoms with van der Waals surface area (Å²) in [4.78, 5) is 14.1. The maximum Gasteiger partial charge on any atom is 0.340 e. The van der Waals surface area contributed by atoms with Crippen molar-refractivity contribution in [2.75, 3.05) is 30.3 Å². The third-order valence-electron chi connectivity index (χ3n) is 3.74. The number of benzene rings is 1. The molecule has 1 aliphatic rings. The number of hydrogen-bond donors (Lipinski definition) is 2. The van der Waals surface area contributed by atoms with Gasteiger partial charge in [-0.25, -0.2) is 4.79 Å². The number of rotatable bonds is 3. The Morgan fingerprint density at radius 3 is 2.67 bits per heavy atom. The Bertz CT molecular complexity index is 536. The van der Waals surface area contributed by atoms with Crippen LogP contribution >= 0.6 is 11.6 Å². The van der Waals surface area contributed by atoms with E-state index in [4.69, 9.17) is 22.1 Å². The first-order valence-corrected chi connectivity index (χ1v) is 7.45. The molecule has 0 aliphatic carbocycles. The van der Waals surface area contributed by atoms with Gasteiger partial charge in [0.2, 0.25) is 0 Å². The van der Waals surface area contributed by atoms with Gasteiger partial charge in [0, 0.05) is 18.8 Å². The number of nitrogens with zero attached hydrogens (tertiary/aromatic N) is 1. The topological polar surface area (TPSA) is 75.8 Å². The van der Waals surface area contributed by atoms with E-state index in [-0.39, 0.29) is 0 Å². The van der Waals surface area contributed by atoms with Crippen molar-refractivity contribution in [1.82, 2.24) is 0 Å². The summed E-state index contributed by atoms with van der Waals surface area (Å²) >= 11 is 6.29. The fraction of sp³-hybridized carbons (Fsp3) is 0.533. The summed E-state index contributed by atoms with van der Waals surface area (Å²) in [5.41, 5.74) is 6.56. The molecule has 0 atom stereocenters. The zero-order valence-corrected chi connectivity index (χ0v) is 13.1. The van der Waals surface area contributed by atoms with Crippen LogP contribution in [0.2, 0.25) is 5.02 Å². The third-order valence-corrected chi connectivity index (χ3v) is 4.03. The number of halogens is 1. The highest BCUT2D eigenvalue weighted by Gasteiger charge is 2.30. The van der Waals surface area contributed by atoms with E-state index in [1.807, 2.05) is 11.8 Å². The number of hydrogen-bond acceptors (Lipinski definition) is 5. The summed E-state index contributed by atoms with van der Waals surface area (Å²) in [6, 6.07) is 3.22. The van der Waals surface area contributed by atoms with E-state index in [9.17, 15) is 9.90 Å². The molecule has 1 aromatic rings. The van der Waals surface area contributed by atoms with Crippen LogP contribution in [0, 0.1) is 0 Å². The van der Waals surface area contributed by atoms with Gasteiger partial charge in [-0.3, -0.25) is 0 Å². The number of ether oxygens (including phenoxy) is 1. The van der Waals surface area contributed by atoms with Crippen molar-refractivity contribution in [2.24, 2.45) is 0 Å². The molecule has 0 radical (unpaired) electrons. The Balaban J connectivity index is 2.36. The Morgan fingerprint density at radius 2 is 2.10 bits per heavy atom. The van der Waals surface area contributed by atoms with Gasteiger partial charge >= 0.3 is 5.97 Å². The molecule has 6 heteroatoms. The van der Waals surface area contributed by atoms with Crippen LogP contribution in [0.25, 0.3) is 0 Å². The minimum atomic E-state index is -0.666. The van der Waals surface area contributed by atoms with Crippen LogP contribution in [-0.4, -0.2) is 36.4 Å². The predicted octanol–water partition coefficient (Wildman–Crippen LogP) is 2.45. The summed E-state index contributed by atoms with van der Waals surface area (Å²) in [6.45, 7) is 5.12. The number of aliphatic hydroxyl groups is 1. The second-order valence-electron chi connectivity index (χ2n) is 5.60. The average molecular weight is 313 g/mol. The second-order valence-corrected chi connectivity index (χ2v) is 6.01. The van der Waals surface area contributed by atoms with Gasteiger partial charge in [-0.2, -0.15) is 0 Å². The van der Waals surface area contributed by atoms with Crippen LogP contribution < -0.4 is 10.6 Å². The first kappa shape index (κ1) is 15.9. The van der Waals surface area contributed by atoms with Crippen LogP contribution in [0.15, 0.2) is 12.1 Å². The van der Waals surface area contributed by atoms with Gasteiger partial charge in [0.05, 0.1) is 28.5 Å². The fourth-order valence-electron chi connectivity index (χ4n) is 2.52. The van der Waals surface area contributed by atoms with Crippen LogP contribution in [0.5, 0.6) is 0 Å². The van der Waals surface area contributed by atoms with Gasteiger partial charge in [-0.15, -0.1) is 0 Å². The van der Waals surface area contributed by atoms with Crippen molar-refractivity contribution in [1.29, 1.82) is 0 Å². The quantitative estimate of drug-likeness (QED) is 0.662. The molecule has 1 heterocycles. The molecule has 1 saturated heterocycles. The van der Waals surface area contributed by atoms with Crippen LogP contribution in [0.4, 0.5) is 11.4 Å². The highest BCUT2D eigenvalue weighted by molar-refractivity contribution is 6.34. The molecule has 21 heavy (non-hydrogen) atoms. The number of nitrogens with two attached hydrogens (primary N) is 1. The number of carbonyl (C=O) groups is 1. The van der Waals surface area contributed by atoms with Crippen molar-refractivity contribution < 1.29 is 14.6 Å². The maximum atomic E-state index is 12.1. The molecular formula is C15H21ClN2O3. The summed E-state index contributed by atoms with van der Waals surface area (Å²) in [6.07, 6.45) is 1.24. The first-order valence-electron chi connectivity index (χ1n) is 7.07. The van der Waals surface area contributed by atoms with Crippen molar-refractivity contribution in [3.8, 4) is 0 Å². The van der Waals surface area contributed by atoms with Crippen molar-refractivity contribution >= 4 is 28.9 Å². The van der Waals surface area contributed by atoms with E-state index in [1.54, 1.807) is 19.1 Å². The third kappa shape index (κ3) is 3.60. The average Bonchev–Trinajstić information content (AvgIpc) is 2.39. The molecule has 1 aromatic carbocycles. The molecule has 0 unspecified atom stereocenters. The Hall–Kier alpha value is -1.46. The minimum absolute atomic E-state index is 0.291. The smallest absolute Gasteiger partial charge is 0.340 e. The molecule has 0 saturated carbocycles. The number of anilines is 2. The van der Waals surface area contributed by atoms with Crippen molar-refractivity contribution in [3.05, 3.63) is 22.7 Å². The second kappa shape index (κ2) is 6.12. The van der Waals surface area contributed by atoms with E-state index in [2.05, 4.69) is 0 Å². The van der Waals surface area contributed by atoms with Gasteiger partial charge < -0.3 is 20.5 Å². The van der Waals surface area contributed by atoms with E-state index in [0.717, 1.165) is 0 Å². The van der Waals surface area contributed by atoms with Gasteiger partial charge in [0.25, 0.3) is 0 Å². The van der Waals surface area contributed by atoms with Gasteiger partial charge in [0.15, 0.2) is 0 Å². The van der Waals surface area contributed by atoms with Crippen LogP contribution in [0.1, 0.15) is 37.0 Å². The fourth-order valence-corrected chi connectivity index (χ4v) is 2.87. The van der Waals surface area contributed by atoms with Gasteiger partial charge in [0.1, 0.15) is 0 Å². The van der Waals surface area contributed by atoms with Gasteiger partial charge in [-0.1, -0.05) is 11.6 Å². The number of carbonyl (C=O) groups excluding carboxylic acids is 1. The largest absolute Gasteiger partial charge is 0.462 e. The van der Waals surface area contributed by atoms with Crippen LogP contribution in [-0.2, 0) is 4.74 Å². The molecular weight excluding hydrogens is 292 g/mol. The molecule has 2 rings (SSSR count). The first-order chi connectivity index (χ1) is 9.84. The van der Waals surface area contributed by atoms with E-state index < -0.39 is 11.6 Å². The lowest BCUT2D eigenvalue weighted by atomic mass is 9.93. The molecule has 0 spiro atoms. The van der Waals surface area contributed by atoms with Crippen molar-refractivity contribution in [3.63, 3.8) is 0 Å². The molecule has 116 valence electrons. The molecule has 3 N–H and O–H groups in total. The number of piperidine rings is 1. The zero-order chi connectivity index (χ0) is 15.6. The molecule has 1 aliphatic heterocycles. The Morgan fingerprint density at radius 1 is 1.48 bits per heavy atom. The summed E-state index contributed by atoms with van der Waals surface area (Å²) in [7, 11) is 0. The zero-order valence-electron chi connectivity index (χ0n) is 12.4. The number of nitrogen functional groups attached to an aromatic ring is 1. The molecule has 0 aromatic heterocycles. The Kier molecular flexibility index (Phi) is 4.64. The standard InChI is InChI=1S/C15H21ClN2O3/c1-3-21-14(19)11-8-10(17)9-12(16)13(11)18-6-4-15(2,20)5-7-18/h8-9,20H,3-7,17H2,1-2H3. The van der Waals surface area contributed by atoms with Gasteiger partial charge in [-0.05, 0) is 38.8 Å². The predicted molar refractivity (Wildman–Crippen MR) is 83.9 cm³/mol. The lowest BCUT2D eigenvalue weighted by Crippen LogP contribution is -2.43. The maximum absolute atomic E-state index is 12.1. The van der Waals surface area contributed by atoms with Crippen molar-refractivity contribution in [2.45, 2.75) is 32.3 Å². The highest BCUT2D eigenvalue weighted by atomic mass is 35.5. The number of esters is 1. The lowest BCUT2D eigenvalue weighted by molar-refractivity contribution is 0.0351. The SMILES string of the molecule is CCOC(=O)c1cc(N)cc(Cl)c1N1CCC(C)(O)CC1. The monoisotopic (exact) mass is 312 g/mol. The summed E-state index contributed by atoms with van der Waals surface area (Å²) in [5.74, 6) is -0.431. The molecule has 5 nitrogen and oxygen atoms in total. The normalized spacial score (nSPS) is 17.6. The lowest BCUT2D eigenvalue weighted by Gasteiger charge is -2.38. The van der Waals surface area contributed by atoms with E-state index in [0.29, 0.717) is 54.5 Å². The Labute approximate surface area is 129 Å². The van der Waals surface area contributed by atoms with Crippen LogP contribution in [0.3, 0.4) is 0 Å². The van der Waals surface area contributed by atoms with E-state index in [1.165, 1.54) is 0 Å². The minimum Gasteiger partial charge on any atom is -0.462 e. The van der Waals surface area contributed by atoms with E-state index >= 15 is 0 Å². The molecule has 1 fully saturated rings. The summed E-state index contributed by atoms with van der Waals surface area (Å²) in [5, 5.41) is 10.5. The molecule has 0 bridgehead atoms. The summed E-state index contributed by atoms with van der Waals surface area (Å²) < 4.78 is 5.08. The highest BCUT2D eigenvalue weighted by Crippen LogP contribution is 2.36.